The van der Waals surface area contributed by atoms with E-state index >= 15 is 0 Å². The number of fused-ring (bicyclic) bond motifs is 1. The van der Waals surface area contributed by atoms with Gasteiger partial charge in [-0.25, -0.2) is 14.4 Å². The third-order valence-electron chi connectivity index (χ3n) is 6.24. The van der Waals surface area contributed by atoms with E-state index in [0.29, 0.717) is 41.4 Å². The maximum absolute atomic E-state index is 14.5. The maximum Gasteiger partial charge on any atom is 0.387 e. The summed E-state index contributed by atoms with van der Waals surface area (Å²) in [6.07, 6.45) is 6.61. The average Bonchev–Trinajstić information content (AvgIpc) is 3.34. The molecule has 1 saturated heterocycles. The van der Waals surface area contributed by atoms with Crippen LogP contribution in [0.2, 0.25) is 0 Å². The summed E-state index contributed by atoms with van der Waals surface area (Å²) in [5.74, 6) is -1.53. The van der Waals surface area contributed by atoms with Crippen LogP contribution in [0.1, 0.15) is 40.4 Å². The molecule has 1 aliphatic heterocycles. The third kappa shape index (κ3) is 5.86. The number of benzene rings is 2. The zero-order valence-electron chi connectivity index (χ0n) is 20.4. The number of ether oxygens (including phenoxy) is 2. The van der Waals surface area contributed by atoms with Gasteiger partial charge in [-0.15, -0.1) is 0 Å². The summed E-state index contributed by atoms with van der Waals surface area (Å²) in [5.41, 5.74) is 1.82. The first-order chi connectivity index (χ1) is 18.4. The van der Waals surface area contributed by atoms with Gasteiger partial charge in [-0.1, -0.05) is 12.1 Å². The standard InChI is InChI=1S/C26H25F3N6O3/c1-35-14-18(13-31-35)23(15-4-5-22(20(27)10-15)38-25(28)29)34-24(36)16-2-3-17-12-30-26(33-21(17)11-16)32-19-6-8-37-9-7-19/h2-5,10-14,19,23,25H,6-9H2,1H3,(H,34,36)(H,30,32,33)/t23-/m0/s1. The van der Waals surface area contributed by atoms with Crippen molar-refractivity contribution in [2.24, 2.45) is 7.05 Å². The Morgan fingerprint density at radius 3 is 2.66 bits per heavy atom. The fraction of sp³-hybridized carbons (Fsp3) is 0.308. The number of aryl methyl sites for hydroxylation is 1. The monoisotopic (exact) mass is 526 g/mol. The fourth-order valence-corrected chi connectivity index (χ4v) is 4.31. The van der Waals surface area contributed by atoms with Crippen LogP contribution in [0, 0.1) is 5.82 Å². The van der Waals surface area contributed by atoms with Crippen molar-refractivity contribution in [1.29, 1.82) is 0 Å². The highest BCUT2D eigenvalue weighted by atomic mass is 19.3. The summed E-state index contributed by atoms with van der Waals surface area (Å²) in [6, 6.07) is 8.03. The summed E-state index contributed by atoms with van der Waals surface area (Å²) in [4.78, 5) is 22.3. The minimum Gasteiger partial charge on any atom is -0.432 e. The van der Waals surface area contributed by atoms with Gasteiger partial charge in [0.25, 0.3) is 5.91 Å². The molecule has 5 rings (SSSR count). The fourth-order valence-electron chi connectivity index (χ4n) is 4.31. The quantitative estimate of drug-likeness (QED) is 0.355. The van der Waals surface area contributed by atoms with Crippen molar-refractivity contribution in [3.8, 4) is 5.75 Å². The summed E-state index contributed by atoms with van der Waals surface area (Å²) in [7, 11) is 1.71. The van der Waals surface area contributed by atoms with Gasteiger partial charge in [0.15, 0.2) is 11.6 Å². The van der Waals surface area contributed by atoms with Gasteiger partial charge in [-0.2, -0.15) is 13.9 Å². The van der Waals surface area contributed by atoms with E-state index in [-0.39, 0.29) is 6.04 Å². The Labute approximate surface area is 216 Å². The third-order valence-corrected chi connectivity index (χ3v) is 6.24. The second kappa shape index (κ2) is 11.1. The molecule has 1 fully saturated rings. The van der Waals surface area contributed by atoms with Gasteiger partial charge in [0, 0.05) is 55.2 Å². The minimum atomic E-state index is -3.16. The lowest BCUT2D eigenvalue weighted by atomic mass is 10.0. The molecule has 1 aliphatic rings. The molecule has 9 nitrogen and oxygen atoms in total. The highest BCUT2D eigenvalue weighted by Crippen LogP contribution is 2.28. The number of halogens is 3. The number of nitrogens with zero attached hydrogens (tertiary/aromatic N) is 4. The molecule has 0 saturated carbocycles. The van der Waals surface area contributed by atoms with E-state index in [2.05, 4.69) is 30.4 Å². The second-order valence-electron chi connectivity index (χ2n) is 8.92. The summed E-state index contributed by atoms with van der Waals surface area (Å²) in [6.45, 7) is -1.80. The van der Waals surface area contributed by atoms with E-state index in [1.165, 1.54) is 12.3 Å². The summed E-state index contributed by atoms with van der Waals surface area (Å²) >= 11 is 0. The van der Waals surface area contributed by atoms with Crippen LogP contribution in [-0.4, -0.2) is 51.5 Å². The molecule has 0 spiro atoms. The number of hydrogen-bond acceptors (Lipinski definition) is 7. The molecule has 0 aliphatic carbocycles. The van der Waals surface area contributed by atoms with Crippen molar-refractivity contribution in [1.82, 2.24) is 25.1 Å². The highest BCUT2D eigenvalue weighted by molar-refractivity contribution is 5.98. The molecule has 38 heavy (non-hydrogen) atoms. The Hall–Kier alpha value is -4.19. The molecular weight excluding hydrogens is 501 g/mol. The number of hydrogen-bond donors (Lipinski definition) is 2. The summed E-state index contributed by atoms with van der Waals surface area (Å²) < 4.78 is 50.8. The Balaban J connectivity index is 1.40. The number of amides is 1. The van der Waals surface area contributed by atoms with Gasteiger partial charge in [-0.05, 0) is 42.7 Å². The van der Waals surface area contributed by atoms with Crippen molar-refractivity contribution in [2.45, 2.75) is 31.5 Å². The molecular formula is C26H25F3N6O3. The Bertz CT molecular complexity index is 1440. The number of alkyl halides is 2. The van der Waals surface area contributed by atoms with Gasteiger partial charge in [-0.3, -0.25) is 9.48 Å². The average molecular weight is 527 g/mol. The molecule has 0 radical (unpaired) electrons. The van der Waals surface area contributed by atoms with E-state index < -0.39 is 30.1 Å². The largest absolute Gasteiger partial charge is 0.432 e. The molecule has 12 heteroatoms. The molecule has 1 atom stereocenters. The smallest absolute Gasteiger partial charge is 0.387 e. The normalized spacial score (nSPS) is 15.0. The zero-order chi connectivity index (χ0) is 26.6. The van der Waals surface area contributed by atoms with Crippen LogP contribution >= 0.6 is 0 Å². The summed E-state index contributed by atoms with van der Waals surface area (Å²) in [5, 5.41) is 11.1. The van der Waals surface area contributed by atoms with Crippen LogP contribution in [0.4, 0.5) is 19.1 Å². The molecule has 2 N–H and O–H groups in total. The van der Waals surface area contributed by atoms with E-state index in [1.807, 2.05) is 0 Å². The van der Waals surface area contributed by atoms with E-state index in [0.717, 1.165) is 30.4 Å². The molecule has 2 aromatic carbocycles. The predicted octanol–water partition coefficient (Wildman–Crippen LogP) is 4.21. The van der Waals surface area contributed by atoms with Crippen LogP contribution in [0.3, 0.4) is 0 Å². The number of aromatic nitrogens is 4. The number of carbonyl (C=O) groups is 1. The lowest BCUT2D eigenvalue weighted by Gasteiger charge is -2.23. The van der Waals surface area contributed by atoms with Crippen LogP contribution in [0.15, 0.2) is 55.0 Å². The first-order valence-electron chi connectivity index (χ1n) is 12.0. The van der Waals surface area contributed by atoms with Crippen molar-refractivity contribution in [3.63, 3.8) is 0 Å². The SMILES string of the molecule is Cn1cc([C@@H](NC(=O)c2ccc3cnc(NC4CCOCC4)nc3c2)c2ccc(OC(F)F)c(F)c2)cn1. The molecule has 198 valence electrons. The van der Waals surface area contributed by atoms with Gasteiger partial charge >= 0.3 is 6.61 Å². The van der Waals surface area contributed by atoms with E-state index in [1.54, 1.807) is 42.3 Å². The molecule has 4 aromatic rings. The van der Waals surface area contributed by atoms with E-state index in [9.17, 15) is 18.0 Å². The zero-order valence-corrected chi connectivity index (χ0v) is 20.4. The maximum atomic E-state index is 14.5. The Kier molecular flexibility index (Phi) is 7.40. The Morgan fingerprint density at radius 1 is 1.13 bits per heavy atom. The topological polar surface area (TPSA) is 103 Å². The van der Waals surface area contributed by atoms with Gasteiger partial charge in [0.1, 0.15) is 0 Å². The number of nitrogens with one attached hydrogen (secondary N) is 2. The molecule has 2 aromatic heterocycles. The number of rotatable bonds is 8. The van der Waals surface area contributed by atoms with Crippen molar-refractivity contribution in [2.75, 3.05) is 18.5 Å². The molecule has 0 unspecified atom stereocenters. The first-order valence-corrected chi connectivity index (χ1v) is 12.0. The minimum absolute atomic E-state index is 0.214. The van der Waals surface area contributed by atoms with Crippen LogP contribution in [0.5, 0.6) is 5.75 Å². The predicted molar refractivity (Wildman–Crippen MR) is 133 cm³/mol. The van der Waals surface area contributed by atoms with E-state index in [4.69, 9.17) is 4.74 Å². The van der Waals surface area contributed by atoms with Gasteiger partial charge in [0.2, 0.25) is 5.95 Å². The lowest BCUT2D eigenvalue weighted by Crippen LogP contribution is -2.29. The van der Waals surface area contributed by atoms with Gasteiger partial charge in [0.05, 0.1) is 17.8 Å². The van der Waals surface area contributed by atoms with Crippen molar-refractivity contribution >= 4 is 22.8 Å². The van der Waals surface area contributed by atoms with Gasteiger partial charge < -0.3 is 20.1 Å². The molecule has 0 bridgehead atoms. The number of anilines is 1. The van der Waals surface area contributed by atoms with Crippen molar-refractivity contribution < 1.29 is 27.4 Å². The van der Waals surface area contributed by atoms with Crippen molar-refractivity contribution in [3.05, 3.63) is 77.5 Å². The van der Waals surface area contributed by atoms with Crippen LogP contribution < -0.4 is 15.4 Å². The molecule has 3 heterocycles. The highest BCUT2D eigenvalue weighted by Gasteiger charge is 2.22. The lowest BCUT2D eigenvalue weighted by molar-refractivity contribution is -0.0522. The van der Waals surface area contributed by atoms with Crippen LogP contribution in [0.25, 0.3) is 10.9 Å². The Morgan fingerprint density at radius 2 is 1.95 bits per heavy atom. The van der Waals surface area contributed by atoms with Crippen LogP contribution in [-0.2, 0) is 11.8 Å². The second-order valence-corrected chi connectivity index (χ2v) is 8.92. The molecule has 1 amide bonds. The first kappa shape index (κ1) is 25.5. The number of carbonyl (C=O) groups excluding carboxylic acids is 1.